The average molecular weight is 287 g/mol. The summed E-state index contributed by atoms with van der Waals surface area (Å²) in [7, 11) is -3.54. The summed E-state index contributed by atoms with van der Waals surface area (Å²) in [5.74, 6) is 0.0295. The molecule has 0 fully saturated rings. The van der Waals surface area contributed by atoms with Crippen LogP contribution in [-0.4, -0.2) is 20.1 Å². The third kappa shape index (κ3) is 3.89. The first-order valence-corrected chi connectivity index (χ1v) is 6.92. The van der Waals surface area contributed by atoms with Crippen molar-refractivity contribution in [1.29, 1.82) is 0 Å². The van der Waals surface area contributed by atoms with E-state index in [4.69, 9.17) is 11.6 Å². The quantitative estimate of drug-likeness (QED) is 0.797. The molecule has 2 nitrogen and oxygen atoms in total. The van der Waals surface area contributed by atoms with Gasteiger partial charge in [0.15, 0.2) is 9.84 Å². The van der Waals surface area contributed by atoms with Crippen LogP contribution >= 0.6 is 11.6 Å². The van der Waals surface area contributed by atoms with E-state index in [1.165, 1.54) is 0 Å². The predicted octanol–water partition coefficient (Wildman–Crippen LogP) is 3.11. The summed E-state index contributed by atoms with van der Waals surface area (Å²) < 4.78 is 60.0. The van der Waals surface area contributed by atoms with Crippen LogP contribution in [0.5, 0.6) is 0 Å². The van der Waals surface area contributed by atoms with Crippen LogP contribution in [0.2, 0.25) is 0 Å². The van der Waals surface area contributed by atoms with Crippen LogP contribution < -0.4 is 0 Å². The number of benzene rings is 1. The van der Waals surface area contributed by atoms with Crippen LogP contribution in [0, 0.1) is 0 Å². The Morgan fingerprint density at radius 1 is 1.12 bits per heavy atom. The van der Waals surface area contributed by atoms with E-state index in [1.54, 1.807) is 0 Å². The van der Waals surface area contributed by atoms with Gasteiger partial charge in [0.2, 0.25) is 0 Å². The molecule has 0 aliphatic carbocycles. The SMILES string of the molecule is O=S(=O)(CCCCl)c1ccc(C(F)(F)F)cc1. The van der Waals surface area contributed by atoms with E-state index in [2.05, 4.69) is 0 Å². The van der Waals surface area contributed by atoms with Gasteiger partial charge < -0.3 is 0 Å². The molecule has 0 unspecified atom stereocenters. The van der Waals surface area contributed by atoms with E-state index >= 15 is 0 Å². The summed E-state index contributed by atoms with van der Waals surface area (Å²) in [6.07, 6.45) is -4.19. The van der Waals surface area contributed by atoms with Gasteiger partial charge in [-0.3, -0.25) is 0 Å². The molecule has 7 heteroatoms. The molecule has 0 heterocycles. The van der Waals surface area contributed by atoms with Crippen molar-refractivity contribution in [2.45, 2.75) is 17.5 Å². The lowest BCUT2D eigenvalue weighted by Gasteiger charge is -2.08. The van der Waals surface area contributed by atoms with Crippen molar-refractivity contribution in [2.75, 3.05) is 11.6 Å². The van der Waals surface area contributed by atoms with E-state index in [1.807, 2.05) is 0 Å². The molecule has 0 radical (unpaired) electrons. The molecule has 17 heavy (non-hydrogen) atoms. The summed E-state index contributed by atoms with van der Waals surface area (Å²) in [6, 6.07) is 3.44. The molecule has 0 N–H and O–H groups in total. The maximum absolute atomic E-state index is 12.3. The monoisotopic (exact) mass is 286 g/mol. The lowest BCUT2D eigenvalue weighted by Crippen LogP contribution is -2.09. The van der Waals surface area contributed by atoms with Gasteiger partial charge in [0.1, 0.15) is 0 Å². The standard InChI is InChI=1S/C10H10ClF3O2S/c11-6-1-7-17(15,16)9-4-2-8(3-5-9)10(12,13)14/h2-5H,1,6-7H2. The lowest BCUT2D eigenvalue weighted by atomic mass is 10.2. The van der Waals surface area contributed by atoms with Gasteiger partial charge in [-0.05, 0) is 30.7 Å². The fourth-order valence-corrected chi connectivity index (χ4v) is 2.82. The van der Waals surface area contributed by atoms with Gasteiger partial charge in [-0.2, -0.15) is 13.2 Å². The zero-order valence-electron chi connectivity index (χ0n) is 8.67. The number of rotatable bonds is 4. The van der Waals surface area contributed by atoms with Crippen LogP contribution in [-0.2, 0) is 16.0 Å². The van der Waals surface area contributed by atoms with Gasteiger partial charge in [0.25, 0.3) is 0 Å². The Labute approximate surface area is 102 Å². The molecule has 0 saturated heterocycles. The highest BCUT2D eigenvalue weighted by Crippen LogP contribution is 2.29. The third-order valence-electron chi connectivity index (χ3n) is 2.09. The minimum Gasteiger partial charge on any atom is -0.224 e. The molecule has 1 aromatic carbocycles. The summed E-state index contributed by atoms with van der Waals surface area (Å²) in [5.41, 5.74) is -0.867. The van der Waals surface area contributed by atoms with Gasteiger partial charge in [-0.25, -0.2) is 8.42 Å². The van der Waals surface area contributed by atoms with Crippen molar-refractivity contribution in [1.82, 2.24) is 0 Å². The van der Waals surface area contributed by atoms with Gasteiger partial charge in [-0.1, -0.05) is 0 Å². The van der Waals surface area contributed by atoms with Crippen molar-refractivity contribution >= 4 is 21.4 Å². The fourth-order valence-electron chi connectivity index (χ4n) is 1.21. The summed E-state index contributed by atoms with van der Waals surface area (Å²) >= 11 is 5.37. The molecule has 0 saturated carbocycles. The Bertz CT molecular complexity index is 465. The second kappa shape index (κ2) is 5.27. The minimum atomic E-state index is -4.46. The second-order valence-corrected chi connectivity index (χ2v) is 5.87. The average Bonchev–Trinajstić information content (AvgIpc) is 2.25. The molecule has 0 aliphatic rings. The fraction of sp³-hybridized carbons (Fsp3) is 0.400. The minimum absolute atomic E-state index is 0.115. The van der Waals surface area contributed by atoms with Crippen molar-refractivity contribution < 1.29 is 21.6 Å². The van der Waals surface area contributed by atoms with E-state index in [0.717, 1.165) is 24.3 Å². The second-order valence-electron chi connectivity index (χ2n) is 3.38. The highest BCUT2D eigenvalue weighted by Gasteiger charge is 2.30. The van der Waals surface area contributed by atoms with Crippen molar-refractivity contribution in [3.05, 3.63) is 29.8 Å². The number of hydrogen-bond acceptors (Lipinski definition) is 2. The maximum Gasteiger partial charge on any atom is 0.416 e. The molecule has 0 spiro atoms. The van der Waals surface area contributed by atoms with Gasteiger partial charge in [0, 0.05) is 5.88 Å². The van der Waals surface area contributed by atoms with Crippen LogP contribution in [0.3, 0.4) is 0 Å². The van der Waals surface area contributed by atoms with Gasteiger partial charge in [-0.15, -0.1) is 11.6 Å². The van der Waals surface area contributed by atoms with E-state index in [0.29, 0.717) is 0 Å². The Hall–Kier alpha value is -0.750. The largest absolute Gasteiger partial charge is 0.416 e. The summed E-state index contributed by atoms with van der Waals surface area (Å²) in [6.45, 7) is 0. The van der Waals surface area contributed by atoms with Crippen molar-refractivity contribution in [3.63, 3.8) is 0 Å². The molecule has 0 amide bonds. The molecule has 0 bridgehead atoms. The summed E-state index contributed by atoms with van der Waals surface area (Å²) in [4.78, 5) is -0.115. The molecule has 1 rings (SSSR count). The highest BCUT2D eigenvalue weighted by molar-refractivity contribution is 7.91. The first-order chi connectivity index (χ1) is 7.77. The molecule has 0 atom stereocenters. The van der Waals surface area contributed by atoms with Crippen molar-refractivity contribution in [3.8, 4) is 0 Å². The Morgan fingerprint density at radius 2 is 1.65 bits per heavy atom. The highest BCUT2D eigenvalue weighted by atomic mass is 35.5. The molecular weight excluding hydrogens is 277 g/mol. The molecule has 96 valence electrons. The number of halogens is 4. The zero-order chi connectivity index (χ0) is 13.1. The first kappa shape index (κ1) is 14.3. The van der Waals surface area contributed by atoms with Crippen LogP contribution in [0.1, 0.15) is 12.0 Å². The Morgan fingerprint density at radius 3 is 2.06 bits per heavy atom. The van der Waals surface area contributed by atoms with Crippen LogP contribution in [0.25, 0.3) is 0 Å². The Balaban J connectivity index is 2.95. The molecule has 0 aromatic heterocycles. The summed E-state index contributed by atoms with van der Waals surface area (Å²) in [5, 5.41) is 0. The van der Waals surface area contributed by atoms with Crippen LogP contribution in [0.15, 0.2) is 29.2 Å². The normalized spacial score (nSPS) is 12.7. The number of alkyl halides is 4. The van der Waals surface area contributed by atoms with E-state index < -0.39 is 21.6 Å². The zero-order valence-corrected chi connectivity index (χ0v) is 10.2. The molecule has 0 aliphatic heterocycles. The maximum atomic E-state index is 12.3. The first-order valence-electron chi connectivity index (χ1n) is 4.73. The molecular formula is C10H10ClF3O2S. The van der Waals surface area contributed by atoms with E-state index in [9.17, 15) is 21.6 Å². The van der Waals surface area contributed by atoms with E-state index in [-0.39, 0.29) is 22.9 Å². The third-order valence-corrected chi connectivity index (χ3v) is 4.17. The topological polar surface area (TPSA) is 34.1 Å². The molecule has 1 aromatic rings. The predicted molar refractivity (Wildman–Crippen MR) is 58.8 cm³/mol. The van der Waals surface area contributed by atoms with Crippen molar-refractivity contribution in [2.24, 2.45) is 0 Å². The number of hydrogen-bond donors (Lipinski definition) is 0. The lowest BCUT2D eigenvalue weighted by molar-refractivity contribution is -0.137. The Kier molecular flexibility index (Phi) is 4.43. The smallest absolute Gasteiger partial charge is 0.224 e. The number of sulfone groups is 1. The van der Waals surface area contributed by atoms with Gasteiger partial charge in [0.05, 0.1) is 16.2 Å². The van der Waals surface area contributed by atoms with Gasteiger partial charge >= 0.3 is 6.18 Å². The van der Waals surface area contributed by atoms with Crippen LogP contribution in [0.4, 0.5) is 13.2 Å².